The minimum absolute atomic E-state index is 0. The lowest BCUT2D eigenvalue weighted by Gasteiger charge is -2.17. The maximum Gasteiger partial charge on any atom is 0.127 e. The molecule has 17 heavy (non-hydrogen) atoms. The number of benzene rings is 1. The molecule has 0 aliphatic carbocycles. The number of hydrogen-bond acceptors (Lipinski definition) is 4. The van der Waals surface area contributed by atoms with Crippen LogP contribution in [0.25, 0.3) is 0 Å². The molecule has 0 fully saturated rings. The lowest BCUT2D eigenvalue weighted by atomic mass is 10.0. The van der Waals surface area contributed by atoms with Gasteiger partial charge in [0.25, 0.3) is 0 Å². The number of hydrogen-bond donors (Lipinski definition) is 1. The molecular weight excluding hydrogens is 240 g/mol. The van der Waals surface area contributed by atoms with E-state index in [4.69, 9.17) is 20.5 Å². The largest absolute Gasteiger partial charge is 0.496 e. The quantitative estimate of drug-likeness (QED) is 0.898. The third kappa shape index (κ3) is 3.52. The Balaban J connectivity index is 0.00000256. The molecule has 0 spiro atoms. The summed E-state index contributed by atoms with van der Waals surface area (Å²) in [4.78, 5) is 0. The molecule has 1 atom stereocenters. The molecule has 0 aromatic heterocycles. The SMILES string of the molecule is COc1cc(C)cc(OC)c1[C@H](N)CC#N.Cl. The number of halogens is 1. The van der Waals surface area contributed by atoms with E-state index in [-0.39, 0.29) is 18.8 Å². The molecular formula is C12H17ClN2O2. The lowest BCUT2D eigenvalue weighted by molar-refractivity contribution is 0.379. The third-order valence-corrected chi connectivity index (χ3v) is 2.37. The average molecular weight is 257 g/mol. The van der Waals surface area contributed by atoms with Crippen molar-refractivity contribution in [3.63, 3.8) is 0 Å². The molecule has 0 saturated carbocycles. The van der Waals surface area contributed by atoms with Crippen LogP contribution >= 0.6 is 12.4 Å². The van der Waals surface area contributed by atoms with Gasteiger partial charge in [-0.3, -0.25) is 0 Å². The van der Waals surface area contributed by atoms with Crippen molar-refractivity contribution in [2.24, 2.45) is 5.73 Å². The summed E-state index contributed by atoms with van der Waals surface area (Å²) in [6.07, 6.45) is 0.232. The van der Waals surface area contributed by atoms with Gasteiger partial charge in [-0.15, -0.1) is 12.4 Å². The maximum atomic E-state index is 8.67. The monoisotopic (exact) mass is 256 g/mol. The van der Waals surface area contributed by atoms with Crippen LogP contribution in [-0.4, -0.2) is 14.2 Å². The third-order valence-electron chi connectivity index (χ3n) is 2.37. The smallest absolute Gasteiger partial charge is 0.127 e. The summed E-state index contributed by atoms with van der Waals surface area (Å²) in [5, 5.41) is 8.67. The molecule has 0 bridgehead atoms. The van der Waals surface area contributed by atoms with Crippen LogP contribution in [0.1, 0.15) is 23.6 Å². The maximum absolute atomic E-state index is 8.67. The number of methoxy groups -OCH3 is 2. The van der Waals surface area contributed by atoms with Gasteiger partial charge in [-0.1, -0.05) is 0 Å². The standard InChI is InChI=1S/C12H16N2O2.ClH/c1-8-6-10(15-2)12(9(14)4-5-13)11(7-8)16-3;/h6-7,9H,4,14H2,1-3H3;1H/t9-;/m1./s1. The molecule has 4 nitrogen and oxygen atoms in total. The molecule has 5 heteroatoms. The predicted molar refractivity (Wildman–Crippen MR) is 68.7 cm³/mol. The number of ether oxygens (including phenoxy) is 2. The first-order chi connectivity index (χ1) is 7.63. The Morgan fingerprint density at radius 3 is 2.12 bits per heavy atom. The van der Waals surface area contributed by atoms with Crippen LogP contribution in [0.5, 0.6) is 11.5 Å². The van der Waals surface area contributed by atoms with Gasteiger partial charge in [0.15, 0.2) is 0 Å². The molecule has 1 aromatic carbocycles. The summed E-state index contributed by atoms with van der Waals surface area (Å²) >= 11 is 0. The van der Waals surface area contributed by atoms with E-state index < -0.39 is 6.04 Å². The predicted octanol–water partition coefficient (Wildman–Crippen LogP) is 2.35. The Kier molecular flexibility index (Phi) is 6.40. The Bertz CT molecular complexity index is 390. The first-order valence-corrected chi connectivity index (χ1v) is 4.99. The highest BCUT2D eigenvalue weighted by Crippen LogP contribution is 2.35. The van der Waals surface area contributed by atoms with Gasteiger partial charge in [0.05, 0.1) is 38.3 Å². The Morgan fingerprint density at radius 2 is 1.76 bits per heavy atom. The van der Waals surface area contributed by atoms with Crippen LogP contribution in [0, 0.1) is 18.3 Å². The summed E-state index contributed by atoms with van der Waals surface area (Å²) in [6, 6.07) is 5.42. The van der Waals surface area contributed by atoms with Gasteiger partial charge in [0, 0.05) is 0 Å². The number of nitrogens with two attached hydrogens (primary N) is 1. The highest BCUT2D eigenvalue weighted by molar-refractivity contribution is 5.85. The van der Waals surface area contributed by atoms with E-state index in [9.17, 15) is 0 Å². The highest BCUT2D eigenvalue weighted by Gasteiger charge is 2.18. The summed E-state index contributed by atoms with van der Waals surface area (Å²) in [5.41, 5.74) is 7.70. The van der Waals surface area contributed by atoms with Crippen molar-refractivity contribution < 1.29 is 9.47 Å². The fourth-order valence-corrected chi connectivity index (χ4v) is 1.64. The molecule has 0 amide bonds. The van der Waals surface area contributed by atoms with E-state index in [2.05, 4.69) is 0 Å². The van der Waals surface area contributed by atoms with Crippen molar-refractivity contribution in [3.8, 4) is 17.6 Å². The Labute approximate surface area is 108 Å². The second kappa shape index (κ2) is 7.00. The number of aryl methyl sites for hydroxylation is 1. The fraction of sp³-hybridized carbons (Fsp3) is 0.417. The van der Waals surface area contributed by atoms with E-state index in [0.717, 1.165) is 11.1 Å². The zero-order valence-corrected chi connectivity index (χ0v) is 11.0. The van der Waals surface area contributed by atoms with Gasteiger partial charge in [-0.2, -0.15) is 5.26 Å². The molecule has 94 valence electrons. The molecule has 0 aliphatic heterocycles. The number of rotatable bonds is 4. The van der Waals surface area contributed by atoms with E-state index in [1.54, 1.807) is 14.2 Å². The second-order valence-corrected chi connectivity index (χ2v) is 3.55. The zero-order valence-electron chi connectivity index (χ0n) is 10.2. The van der Waals surface area contributed by atoms with Crippen LogP contribution in [0.3, 0.4) is 0 Å². The lowest BCUT2D eigenvalue weighted by Crippen LogP contribution is -2.12. The summed E-state index contributed by atoms with van der Waals surface area (Å²) in [7, 11) is 3.16. The normalized spacial score (nSPS) is 11.0. The molecule has 0 heterocycles. The zero-order chi connectivity index (χ0) is 12.1. The highest BCUT2D eigenvalue weighted by atomic mass is 35.5. The van der Waals surface area contributed by atoms with Crippen molar-refractivity contribution in [3.05, 3.63) is 23.3 Å². The molecule has 1 rings (SSSR count). The Hall–Kier alpha value is -1.44. The van der Waals surface area contributed by atoms with Crippen LogP contribution in [0.15, 0.2) is 12.1 Å². The average Bonchev–Trinajstić information content (AvgIpc) is 2.27. The topological polar surface area (TPSA) is 68.3 Å². The van der Waals surface area contributed by atoms with Crippen molar-refractivity contribution in [2.75, 3.05) is 14.2 Å². The van der Waals surface area contributed by atoms with Gasteiger partial charge in [0.1, 0.15) is 11.5 Å². The fourth-order valence-electron chi connectivity index (χ4n) is 1.64. The molecule has 2 N–H and O–H groups in total. The summed E-state index contributed by atoms with van der Waals surface area (Å²) in [6.45, 7) is 1.95. The van der Waals surface area contributed by atoms with Crippen LogP contribution in [0.4, 0.5) is 0 Å². The van der Waals surface area contributed by atoms with Crippen LogP contribution in [-0.2, 0) is 0 Å². The molecule has 0 saturated heterocycles. The first-order valence-electron chi connectivity index (χ1n) is 4.99. The van der Waals surface area contributed by atoms with Crippen molar-refractivity contribution >= 4 is 12.4 Å². The molecule has 0 radical (unpaired) electrons. The van der Waals surface area contributed by atoms with Crippen LogP contribution < -0.4 is 15.2 Å². The minimum atomic E-state index is -0.393. The van der Waals surface area contributed by atoms with Crippen molar-refractivity contribution in [1.29, 1.82) is 5.26 Å². The van der Waals surface area contributed by atoms with E-state index in [1.807, 2.05) is 25.1 Å². The number of nitrogens with zero attached hydrogens (tertiary/aromatic N) is 1. The van der Waals surface area contributed by atoms with Gasteiger partial charge >= 0.3 is 0 Å². The van der Waals surface area contributed by atoms with Gasteiger partial charge < -0.3 is 15.2 Å². The number of nitriles is 1. The first kappa shape index (κ1) is 15.6. The molecule has 0 unspecified atom stereocenters. The van der Waals surface area contributed by atoms with Crippen LogP contribution in [0.2, 0.25) is 0 Å². The van der Waals surface area contributed by atoms with E-state index in [1.165, 1.54) is 0 Å². The molecule has 0 aliphatic rings. The van der Waals surface area contributed by atoms with E-state index in [0.29, 0.717) is 11.5 Å². The van der Waals surface area contributed by atoms with E-state index >= 15 is 0 Å². The van der Waals surface area contributed by atoms with Crippen molar-refractivity contribution in [2.45, 2.75) is 19.4 Å². The minimum Gasteiger partial charge on any atom is -0.496 e. The summed E-state index contributed by atoms with van der Waals surface area (Å²) < 4.78 is 10.5. The molecule has 1 aromatic rings. The van der Waals surface area contributed by atoms with Gasteiger partial charge in [-0.25, -0.2) is 0 Å². The Morgan fingerprint density at radius 1 is 1.29 bits per heavy atom. The van der Waals surface area contributed by atoms with Gasteiger partial charge in [0.2, 0.25) is 0 Å². The van der Waals surface area contributed by atoms with Gasteiger partial charge in [-0.05, 0) is 24.6 Å². The second-order valence-electron chi connectivity index (χ2n) is 3.55. The van der Waals surface area contributed by atoms with Crippen molar-refractivity contribution in [1.82, 2.24) is 0 Å². The summed E-state index contributed by atoms with van der Waals surface area (Å²) in [5.74, 6) is 1.33.